The number of carbonyl (C=O) groups is 1. The van der Waals surface area contributed by atoms with Crippen molar-refractivity contribution in [3.63, 3.8) is 0 Å². The zero-order chi connectivity index (χ0) is 19.5. The third-order valence-corrected chi connectivity index (χ3v) is 4.86. The van der Waals surface area contributed by atoms with Gasteiger partial charge >= 0.3 is 0 Å². The van der Waals surface area contributed by atoms with Crippen molar-refractivity contribution in [2.45, 2.75) is 19.8 Å². The number of anilines is 3. The maximum Gasteiger partial charge on any atom is 0.278 e. The van der Waals surface area contributed by atoms with Crippen LogP contribution in [0.1, 0.15) is 28.0 Å². The molecule has 6 heteroatoms. The summed E-state index contributed by atoms with van der Waals surface area (Å²) in [6.45, 7) is 2.70. The first-order valence-electron chi connectivity index (χ1n) is 9.31. The number of carbonyl (C=O) groups excluding carboxylic acids is 1. The maximum absolute atomic E-state index is 13.0. The van der Waals surface area contributed by atoms with Gasteiger partial charge in [0.15, 0.2) is 11.5 Å². The Morgan fingerprint density at radius 1 is 1.11 bits per heavy atom. The van der Waals surface area contributed by atoms with Gasteiger partial charge in [0.1, 0.15) is 5.75 Å². The van der Waals surface area contributed by atoms with Crippen LogP contribution in [-0.2, 0) is 6.42 Å². The molecule has 28 heavy (non-hydrogen) atoms. The molecule has 6 nitrogen and oxygen atoms in total. The number of amides is 1. The predicted molar refractivity (Wildman–Crippen MR) is 109 cm³/mol. The number of fused-ring (bicyclic) bond motifs is 1. The predicted octanol–water partition coefficient (Wildman–Crippen LogP) is 4.13. The average molecular weight is 374 g/mol. The molecular formula is C22H22N4O2. The quantitative estimate of drug-likeness (QED) is 0.744. The Hall–Kier alpha value is -3.41. The van der Waals surface area contributed by atoms with E-state index in [1.54, 1.807) is 24.1 Å². The van der Waals surface area contributed by atoms with Crippen molar-refractivity contribution >= 4 is 23.1 Å². The zero-order valence-electron chi connectivity index (χ0n) is 16.0. The van der Waals surface area contributed by atoms with Crippen LogP contribution in [0.15, 0.2) is 54.6 Å². The molecule has 2 aromatic carbocycles. The molecule has 0 atom stereocenters. The van der Waals surface area contributed by atoms with Crippen molar-refractivity contribution in [1.29, 1.82) is 0 Å². The van der Waals surface area contributed by atoms with Crippen molar-refractivity contribution in [3.05, 3.63) is 71.4 Å². The molecule has 0 fully saturated rings. The van der Waals surface area contributed by atoms with Crippen LogP contribution in [0.25, 0.3) is 0 Å². The van der Waals surface area contributed by atoms with E-state index in [9.17, 15) is 4.79 Å². The van der Waals surface area contributed by atoms with Gasteiger partial charge in [-0.25, -0.2) is 0 Å². The summed E-state index contributed by atoms with van der Waals surface area (Å²) in [7, 11) is 1.62. The second-order valence-corrected chi connectivity index (χ2v) is 6.82. The van der Waals surface area contributed by atoms with Gasteiger partial charge in [-0.1, -0.05) is 24.3 Å². The summed E-state index contributed by atoms with van der Waals surface area (Å²) < 4.78 is 5.38. The van der Waals surface area contributed by atoms with Crippen molar-refractivity contribution in [1.82, 2.24) is 10.2 Å². The molecule has 0 radical (unpaired) electrons. The fraction of sp³-hybridized carbons (Fsp3) is 0.227. The number of methoxy groups -OCH3 is 1. The first-order valence-corrected chi connectivity index (χ1v) is 9.31. The second kappa shape index (κ2) is 7.68. The molecule has 0 unspecified atom stereocenters. The lowest BCUT2D eigenvalue weighted by molar-refractivity contribution is 0.0979. The SMILES string of the molecule is COc1ccc(C)cc1Nc1ccc(C(=O)N2CCCc3ccccc32)nn1. The smallest absolute Gasteiger partial charge is 0.278 e. The van der Waals surface area contributed by atoms with Crippen molar-refractivity contribution in [2.75, 3.05) is 23.9 Å². The molecule has 0 saturated carbocycles. The van der Waals surface area contributed by atoms with Crippen molar-refractivity contribution in [3.8, 4) is 5.75 Å². The van der Waals surface area contributed by atoms with Crippen LogP contribution in [0.3, 0.4) is 0 Å². The number of benzene rings is 2. The molecule has 0 bridgehead atoms. The summed E-state index contributed by atoms with van der Waals surface area (Å²) >= 11 is 0. The van der Waals surface area contributed by atoms with Crippen LogP contribution in [0.5, 0.6) is 5.75 Å². The molecule has 2 heterocycles. The Morgan fingerprint density at radius 2 is 1.96 bits per heavy atom. The number of hydrogen-bond donors (Lipinski definition) is 1. The molecule has 3 aromatic rings. The molecule has 0 saturated heterocycles. The van der Waals surface area contributed by atoms with Gasteiger partial charge in [0.2, 0.25) is 0 Å². The van der Waals surface area contributed by atoms with Crippen LogP contribution < -0.4 is 15.0 Å². The van der Waals surface area contributed by atoms with E-state index in [4.69, 9.17) is 4.74 Å². The highest BCUT2D eigenvalue weighted by molar-refractivity contribution is 6.05. The highest BCUT2D eigenvalue weighted by atomic mass is 16.5. The lowest BCUT2D eigenvalue weighted by Gasteiger charge is -2.29. The Bertz CT molecular complexity index is 1000. The molecule has 142 valence electrons. The number of aromatic nitrogens is 2. The second-order valence-electron chi connectivity index (χ2n) is 6.82. The molecule has 1 amide bonds. The standard InChI is InChI=1S/C22H22N4O2/c1-15-9-11-20(28-2)18(14-15)23-21-12-10-17(24-25-21)22(27)26-13-5-7-16-6-3-4-8-19(16)26/h3-4,6,8-12,14H,5,7,13H2,1-2H3,(H,23,25). The van der Waals surface area contributed by atoms with E-state index in [-0.39, 0.29) is 5.91 Å². The first kappa shape index (κ1) is 18.0. The lowest BCUT2D eigenvalue weighted by atomic mass is 10.0. The topological polar surface area (TPSA) is 67.3 Å². The van der Waals surface area contributed by atoms with E-state index < -0.39 is 0 Å². The van der Waals surface area contributed by atoms with E-state index in [0.29, 0.717) is 18.1 Å². The highest BCUT2D eigenvalue weighted by Gasteiger charge is 2.24. The van der Waals surface area contributed by atoms with Gasteiger partial charge < -0.3 is 15.0 Å². The summed E-state index contributed by atoms with van der Waals surface area (Å²) in [6.07, 6.45) is 1.94. The number of nitrogens with zero attached hydrogens (tertiary/aromatic N) is 3. The van der Waals surface area contributed by atoms with Gasteiger partial charge in [-0.05, 0) is 61.2 Å². The largest absolute Gasteiger partial charge is 0.495 e. The number of para-hydroxylation sites is 1. The van der Waals surface area contributed by atoms with E-state index in [1.807, 2.05) is 43.3 Å². The van der Waals surface area contributed by atoms with Gasteiger partial charge in [-0.15, -0.1) is 10.2 Å². The number of ether oxygens (including phenoxy) is 1. The summed E-state index contributed by atoms with van der Waals surface area (Å²) in [5.74, 6) is 1.15. The van der Waals surface area contributed by atoms with Gasteiger partial charge in [0.05, 0.1) is 12.8 Å². The van der Waals surface area contributed by atoms with Gasteiger partial charge in [-0.3, -0.25) is 4.79 Å². The molecule has 4 rings (SSSR count). The monoisotopic (exact) mass is 374 g/mol. The van der Waals surface area contributed by atoms with E-state index in [2.05, 4.69) is 21.6 Å². The molecule has 1 N–H and O–H groups in total. The Labute approximate surface area is 164 Å². The molecule has 1 aliphatic heterocycles. The normalized spacial score (nSPS) is 13.0. The average Bonchev–Trinajstić information content (AvgIpc) is 2.73. The molecule has 1 aliphatic rings. The highest BCUT2D eigenvalue weighted by Crippen LogP contribution is 2.29. The number of hydrogen-bond acceptors (Lipinski definition) is 5. The summed E-state index contributed by atoms with van der Waals surface area (Å²) in [5, 5.41) is 11.5. The number of aryl methyl sites for hydroxylation is 2. The lowest BCUT2D eigenvalue weighted by Crippen LogP contribution is -2.36. The molecule has 1 aromatic heterocycles. The Morgan fingerprint density at radius 3 is 2.75 bits per heavy atom. The minimum absolute atomic E-state index is 0.126. The minimum Gasteiger partial charge on any atom is -0.495 e. The number of nitrogens with one attached hydrogen (secondary N) is 1. The van der Waals surface area contributed by atoms with E-state index in [1.165, 1.54) is 5.56 Å². The summed E-state index contributed by atoms with van der Waals surface area (Å²) in [5.41, 5.74) is 4.40. The van der Waals surface area contributed by atoms with Crippen LogP contribution in [0, 0.1) is 6.92 Å². The van der Waals surface area contributed by atoms with Crippen LogP contribution in [0.2, 0.25) is 0 Å². The van der Waals surface area contributed by atoms with Gasteiger partial charge in [0, 0.05) is 12.2 Å². The Balaban J connectivity index is 1.54. The summed E-state index contributed by atoms with van der Waals surface area (Å²) in [4.78, 5) is 14.8. The van der Waals surface area contributed by atoms with Crippen LogP contribution in [-0.4, -0.2) is 29.8 Å². The van der Waals surface area contributed by atoms with Crippen LogP contribution >= 0.6 is 0 Å². The minimum atomic E-state index is -0.126. The fourth-order valence-corrected chi connectivity index (χ4v) is 3.45. The van der Waals surface area contributed by atoms with Crippen molar-refractivity contribution in [2.24, 2.45) is 0 Å². The van der Waals surface area contributed by atoms with Crippen LogP contribution in [0.4, 0.5) is 17.2 Å². The van der Waals surface area contributed by atoms with Gasteiger partial charge in [0.25, 0.3) is 5.91 Å². The summed E-state index contributed by atoms with van der Waals surface area (Å²) in [6, 6.07) is 17.3. The first-order chi connectivity index (χ1) is 13.7. The van der Waals surface area contributed by atoms with Gasteiger partial charge in [-0.2, -0.15) is 0 Å². The maximum atomic E-state index is 13.0. The fourth-order valence-electron chi connectivity index (χ4n) is 3.45. The molecule has 0 aliphatic carbocycles. The zero-order valence-corrected chi connectivity index (χ0v) is 16.0. The number of rotatable bonds is 4. The van der Waals surface area contributed by atoms with E-state index in [0.717, 1.165) is 35.5 Å². The third-order valence-electron chi connectivity index (χ3n) is 4.86. The molecular weight excluding hydrogens is 352 g/mol. The Kier molecular flexibility index (Phi) is 4.93. The van der Waals surface area contributed by atoms with Crippen molar-refractivity contribution < 1.29 is 9.53 Å². The molecule has 0 spiro atoms. The third kappa shape index (κ3) is 3.53. The van der Waals surface area contributed by atoms with E-state index >= 15 is 0 Å².